The Bertz CT molecular complexity index is 1150. The van der Waals surface area contributed by atoms with E-state index in [0.717, 1.165) is 22.6 Å². The van der Waals surface area contributed by atoms with Crippen molar-refractivity contribution >= 4 is 29.5 Å². The molecule has 6 atom stereocenters. The van der Waals surface area contributed by atoms with Crippen molar-refractivity contribution in [1.29, 1.82) is 0 Å². The maximum Gasteiger partial charge on any atom is 0.364 e. The normalized spacial score (nSPS) is 23.8. The highest BCUT2D eigenvalue weighted by atomic mass is 32.2. The molecule has 11 heteroatoms. The molecule has 1 aliphatic rings. The number of aliphatic carboxylic acids is 1. The lowest BCUT2D eigenvalue weighted by molar-refractivity contribution is -0.304. The van der Waals surface area contributed by atoms with Gasteiger partial charge in [-0.3, -0.25) is 9.59 Å². The summed E-state index contributed by atoms with van der Waals surface area (Å²) in [5, 5.41) is 37.3. The van der Waals surface area contributed by atoms with E-state index in [1.165, 1.54) is 6.92 Å². The van der Waals surface area contributed by atoms with Crippen molar-refractivity contribution in [3.63, 3.8) is 0 Å². The van der Waals surface area contributed by atoms with Gasteiger partial charge >= 0.3 is 5.97 Å². The number of hydrogen-bond acceptors (Lipinski definition) is 8. The third-order valence-electron chi connectivity index (χ3n) is 7.09. The number of carboxylic acids is 1. The molecule has 0 bridgehead atoms. The first-order valence-corrected chi connectivity index (χ1v) is 14.9. The summed E-state index contributed by atoms with van der Waals surface area (Å²) in [6.07, 6.45) is -3.44. The molecule has 3 rings (SSSR count). The number of carbonyl (C=O) groups is 3. The van der Waals surface area contributed by atoms with Gasteiger partial charge in [-0.05, 0) is 41.2 Å². The highest BCUT2D eigenvalue weighted by Crippen LogP contribution is 2.35. The van der Waals surface area contributed by atoms with Gasteiger partial charge in [-0.15, -0.1) is 0 Å². The van der Waals surface area contributed by atoms with Crippen LogP contribution in [0.3, 0.4) is 0 Å². The van der Waals surface area contributed by atoms with Crippen LogP contribution in [-0.2, 0) is 19.1 Å². The molecule has 0 aromatic heterocycles. The molecule has 0 unspecified atom stereocenters. The van der Waals surface area contributed by atoms with Gasteiger partial charge in [-0.25, -0.2) is 4.79 Å². The van der Waals surface area contributed by atoms with Crippen LogP contribution in [0.15, 0.2) is 54.6 Å². The number of nitrogens with one attached hydrogen (secondary N) is 2. The monoisotopic (exact) mass is 588 g/mol. The lowest BCUT2D eigenvalue weighted by Gasteiger charge is -2.47. The van der Waals surface area contributed by atoms with Crippen molar-refractivity contribution in [2.45, 2.75) is 63.8 Å². The molecular formula is C30H40N2O8S. The Morgan fingerprint density at radius 3 is 2.39 bits per heavy atom. The van der Waals surface area contributed by atoms with E-state index >= 15 is 0 Å². The quantitative estimate of drug-likeness (QED) is 0.210. The van der Waals surface area contributed by atoms with Crippen LogP contribution in [0.4, 0.5) is 0 Å². The second-order valence-electron chi connectivity index (χ2n) is 10.1. The fraction of sp³-hybridized carbons (Fsp3) is 0.500. The van der Waals surface area contributed by atoms with Crippen molar-refractivity contribution in [1.82, 2.24) is 10.6 Å². The zero-order valence-corrected chi connectivity index (χ0v) is 24.4. The van der Waals surface area contributed by atoms with E-state index in [-0.39, 0.29) is 13.2 Å². The molecule has 224 valence electrons. The minimum Gasteiger partial charge on any atom is -0.477 e. The molecule has 1 saturated heterocycles. The minimum absolute atomic E-state index is 0.0968. The largest absolute Gasteiger partial charge is 0.477 e. The van der Waals surface area contributed by atoms with Crippen molar-refractivity contribution < 1.29 is 39.2 Å². The molecule has 0 aliphatic carbocycles. The second kappa shape index (κ2) is 15.3. The van der Waals surface area contributed by atoms with E-state index in [2.05, 4.69) is 10.6 Å². The molecule has 0 radical (unpaired) electrons. The van der Waals surface area contributed by atoms with Gasteiger partial charge in [0.2, 0.25) is 5.91 Å². The van der Waals surface area contributed by atoms with Gasteiger partial charge in [0.25, 0.3) is 11.7 Å². The third-order valence-corrected chi connectivity index (χ3v) is 8.08. The van der Waals surface area contributed by atoms with Crippen LogP contribution in [0, 0.1) is 5.92 Å². The number of benzene rings is 2. The summed E-state index contributed by atoms with van der Waals surface area (Å²) in [5.41, 5.74) is 2.39. The maximum absolute atomic E-state index is 12.8. The highest BCUT2D eigenvalue weighted by molar-refractivity contribution is 7.99. The molecular weight excluding hydrogens is 548 g/mol. The average Bonchev–Trinajstić information content (AvgIpc) is 2.96. The van der Waals surface area contributed by atoms with Gasteiger partial charge in [-0.1, -0.05) is 56.3 Å². The predicted octanol–water partition coefficient (Wildman–Crippen LogP) is 2.68. The Morgan fingerprint density at radius 1 is 1.12 bits per heavy atom. The summed E-state index contributed by atoms with van der Waals surface area (Å²) in [5.74, 6) is -3.50. The summed E-state index contributed by atoms with van der Waals surface area (Å²) in [4.78, 5) is 37.0. The molecule has 1 heterocycles. The molecule has 1 fully saturated rings. The molecule has 41 heavy (non-hydrogen) atoms. The van der Waals surface area contributed by atoms with E-state index in [9.17, 15) is 29.7 Å². The van der Waals surface area contributed by atoms with Gasteiger partial charge in [-0.2, -0.15) is 11.8 Å². The molecule has 0 spiro atoms. The summed E-state index contributed by atoms with van der Waals surface area (Å²) >= 11 is 1.69. The minimum atomic E-state index is -2.15. The average molecular weight is 589 g/mol. The molecule has 2 amide bonds. The number of aliphatic hydroxyl groups excluding tert-OH is 2. The predicted molar refractivity (Wildman–Crippen MR) is 156 cm³/mol. The van der Waals surface area contributed by atoms with Crippen LogP contribution >= 0.6 is 11.8 Å². The molecule has 5 N–H and O–H groups in total. The number of rotatable bonds is 14. The number of carbonyl (C=O) groups excluding carboxylic acids is 2. The van der Waals surface area contributed by atoms with Crippen LogP contribution in [0.1, 0.15) is 44.0 Å². The Labute approximate surface area is 244 Å². The standard InChI is InChI=1S/C30H40N2O8S/c1-4-41-16-8-15-39-30(29(37)38)17-24(34)26(32-20(3)33)27(40-30)19(2)25(35)18-31-28(36)23-13-11-22(12-14-23)21-9-6-5-7-10-21/h5-7,9-14,19,24-27,34-35H,4,8,15-18H2,1-3H3,(H,31,36)(H,32,33)(H,37,38)/t19-,24+,25-,26-,27+,30-/m1/s1. The summed E-state index contributed by atoms with van der Waals surface area (Å²) in [7, 11) is 0. The first-order chi connectivity index (χ1) is 19.6. The van der Waals surface area contributed by atoms with Crippen molar-refractivity contribution in [3.8, 4) is 11.1 Å². The number of amides is 2. The number of aliphatic hydroxyl groups is 2. The molecule has 1 aliphatic heterocycles. The van der Waals surface area contributed by atoms with Gasteiger partial charge < -0.3 is 35.4 Å². The van der Waals surface area contributed by atoms with Crippen molar-refractivity contribution in [3.05, 3.63) is 60.2 Å². The van der Waals surface area contributed by atoms with Crippen molar-refractivity contribution in [2.24, 2.45) is 5.92 Å². The fourth-order valence-corrected chi connectivity index (χ4v) is 5.40. The molecule has 2 aromatic carbocycles. The topological polar surface area (TPSA) is 154 Å². The Kier molecular flexibility index (Phi) is 12.2. The van der Waals surface area contributed by atoms with E-state index in [1.54, 1.807) is 30.8 Å². The Morgan fingerprint density at radius 2 is 1.78 bits per heavy atom. The zero-order chi connectivity index (χ0) is 30.0. The van der Waals surface area contributed by atoms with Crippen molar-refractivity contribution in [2.75, 3.05) is 24.7 Å². The highest BCUT2D eigenvalue weighted by Gasteiger charge is 2.55. The number of carboxylic acid groups (broad SMARTS) is 1. The van der Waals surface area contributed by atoms with E-state index in [0.29, 0.717) is 12.0 Å². The number of ether oxygens (including phenoxy) is 2. The summed E-state index contributed by atoms with van der Waals surface area (Å²) < 4.78 is 11.7. The van der Waals surface area contributed by atoms with E-state index < -0.39 is 60.3 Å². The zero-order valence-electron chi connectivity index (χ0n) is 23.6. The lowest BCUT2D eigenvalue weighted by Crippen LogP contribution is -2.66. The second-order valence-corrected chi connectivity index (χ2v) is 11.5. The maximum atomic E-state index is 12.8. The Hall–Kier alpha value is -2.96. The molecule has 2 aromatic rings. The molecule has 0 saturated carbocycles. The third kappa shape index (κ3) is 8.76. The first kappa shape index (κ1) is 32.6. The molecule has 10 nitrogen and oxygen atoms in total. The number of thioether (sulfide) groups is 1. The van der Waals surface area contributed by atoms with E-state index in [1.807, 2.05) is 49.4 Å². The lowest BCUT2D eigenvalue weighted by atomic mass is 9.84. The van der Waals surface area contributed by atoms with Crippen LogP contribution in [0.25, 0.3) is 11.1 Å². The SMILES string of the molecule is CCSCCCO[C@]1(C(=O)O)C[C@H](O)[C@@H](NC(C)=O)[C@H]([C@H](C)[C@H](O)CNC(=O)c2ccc(-c3ccccc3)cc2)O1. The number of hydrogen-bond donors (Lipinski definition) is 5. The van der Waals surface area contributed by atoms with Crippen LogP contribution in [-0.4, -0.2) is 87.9 Å². The summed E-state index contributed by atoms with van der Waals surface area (Å²) in [6, 6.07) is 15.8. The summed E-state index contributed by atoms with van der Waals surface area (Å²) in [6.45, 7) is 4.83. The smallest absolute Gasteiger partial charge is 0.364 e. The fourth-order valence-electron chi connectivity index (χ4n) is 4.79. The van der Waals surface area contributed by atoms with Gasteiger partial charge in [0.1, 0.15) is 0 Å². The van der Waals surface area contributed by atoms with Crippen LogP contribution in [0.2, 0.25) is 0 Å². The Balaban J connectivity index is 1.69. The van der Waals surface area contributed by atoms with Gasteiger partial charge in [0, 0.05) is 31.4 Å². The van der Waals surface area contributed by atoms with E-state index in [4.69, 9.17) is 9.47 Å². The van der Waals surface area contributed by atoms with Gasteiger partial charge in [0.05, 0.1) is 31.0 Å². The van der Waals surface area contributed by atoms with Gasteiger partial charge in [0.15, 0.2) is 0 Å². The first-order valence-electron chi connectivity index (χ1n) is 13.8. The van der Waals surface area contributed by atoms with Crippen LogP contribution in [0.5, 0.6) is 0 Å². The van der Waals surface area contributed by atoms with Crippen LogP contribution < -0.4 is 10.6 Å².